The number of nitrogen functional groups attached to an aromatic ring is 3. The van der Waals surface area contributed by atoms with E-state index in [1.165, 1.54) is 61.7 Å². The fraction of sp³-hybridized carbons (Fsp3) is 0.294. The Labute approximate surface area is 247 Å². The maximum absolute atomic E-state index is 14.0. The van der Waals surface area contributed by atoms with Crippen LogP contribution >= 0.6 is 0 Å². The highest BCUT2D eigenvalue weighted by atomic mass is 19.1. The molecule has 0 radical (unpaired) electrons. The van der Waals surface area contributed by atoms with Crippen LogP contribution < -0.4 is 31.4 Å². The minimum atomic E-state index is -0.515. The first kappa shape index (κ1) is 27.3. The Hall–Kier alpha value is -4.53. The van der Waals surface area contributed by atoms with Crippen LogP contribution in [0.25, 0.3) is 0 Å². The van der Waals surface area contributed by atoms with Gasteiger partial charge < -0.3 is 31.4 Å². The first-order valence-corrected chi connectivity index (χ1v) is 14.5. The van der Waals surface area contributed by atoms with Gasteiger partial charge in [0.25, 0.3) is 0 Å². The smallest absolute Gasteiger partial charge is 0.212 e. The van der Waals surface area contributed by atoms with Crippen LogP contribution in [-0.4, -0.2) is 0 Å². The maximum Gasteiger partial charge on any atom is 0.212 e. The zero-order valence-corrected chi connectivity index (χ0v) is 23.4. The molecule has 4 fully saturated rings. The van der Waals surface area contributed by atoms with Gasteiger partial charge in [-0.3, -0.25) is 0 Å². The minimum Gasteiger partial charge on any atom is -0.451 e. The quantitative estimate of drug-likeness (QED) is 0.187. The third-order valence-electron chi connectivity index (χ3n) is 9.25. The monoisotopic (exact) mass is 587 g/mol. The van der Waals surface area contributed by atoms with Gasteiger partial charge in [0.15, 0.2) is 28.7 Å². The Morgan fingerprint density at radius 3 is 1.35 bits per heavy atom. The predicted molar refractivity (Wildman–Crippen MR) is 159 cm³/mol. The lowest BCUT2D eigenvalue weighted by molar-refractivity contribution is -0.00610. The van der Waals surface area contributed by atoms with Crippen molar-refractivity contribution < 1.29 is 27.4 Å². The fourth-order valence-electron chi connectivity index (χ4n) is 7.86. The molecular formula is C34H32F3N3O3. The molecule has 4 aliphatic rings. The van der Waals surface area contributed by atoms with Crippen LogP contribution in [0.15, 0.2) is 66.7 Å². The molecule has 0 heterocycles. The summed E-state index contributed by atoms with van der Waals surface area (Å²) in [5.74, 6) is 1.71. The molecule has 6 nitrogen and oxygen atoms in total. The highest BCUT2D eigenvalue weighted by Gasteiger charge is 2.53. The standard InChI is InChI=1S/C34H32F3N3O3/c35-21-1-5-28(25(38)12-21)41-31-8-4-24(34-15-18-9-19(16-34)11-20(10-18)17-34)32(42-29-6-2-22(36)13-26(29)39)33(31)43-30-7-3-23(37)14-27(30)40/h1-8,12-14,18-20H,9-11,15-17,38-40H2. The van der Waals surface area contributed by atoms with E-state index in [9.17, 15) is 13.2 Å². The van der Waals surface area contributed by atoms with Gasteiger partial charge in [-0.25, -0.2) is 13.2 Å². The Bertz CT molecular complexity index is 1690. The van der Waals surface area contributed by atoms with E-state index >= 15 is 0 Å². The summed E-state index contributed by atoms with van der Waals surface area (Å²) in [6, 6.07) is 15.4. The van der Waals surface area contributed by atoms with Crippen molar-refractivity contribution in [3.63, 3.8) is 0 Å². The lowest BCUT2D eigenvalue weighted by atomic mass is 9.48. The Balaban J connectivity index is 1.43. The van der Waals surface area contributed by atoms with Gasteiger partial charge in [-0.1, -0.05) is 6.07 Å². The second-order valence-corrected chi connectivity index (χ2v) is 12.3. The third kappa shape index (κ3) is 5.07. The fourth-order valence-corrected chi connectivity index (χ4v) is 7.86. The van der Waals surface area contributed by atoms with Crippen LogP contribution in [0, 0.1) is 35.2 Å². The molecule has 0 unspecified atom stereocenters. The summed E-state index contributed by atoms with van der Waals surface area (Å²) in [6.07, 6.45) is 6.75. The summed E-state index contributed by atoms with van der Waals surface area (Å²) >= 11 is 0. The lowest BCUT2D eigenvalue weighted by Gasteiger charge is -2.57. The molecule has 0 amide bonds. The molecule has 43 heavy (non-hydrogen) atoms. The molecule has 0 saturated heterocycles. The molecule has 0 spiro atoms. The van der Waals surface area contributed by atoms with Crippen molar-refractivity contribution >= 4 is 17.1 Å². The van der Waals surface area contributed by atoms with E-state index in [4.69, 9.17) is 31.4 Å². The van der Waals surface area contributed by atoms with E-state index in [0.717, 1.165) is 37.0 Å². The van der Waals surface area contributed by atoms with Gasteiger partial charge in [-0.05, 0) is 104 Å². The number of hydrogen-bond donors (Lipinski definition) is 3. The number of ether oxygens (including phenoxy) is 3. The lowest BCUT2D eigenvalue weighted by Crippen LogP contribution is -2.48. The highest BCUT2D eigenvalue weighted by Crippen LogP contribution is 2.64. The van der Waals surface area contributed by atoms with Crippen molar-refractivity contribution in [2.75, 3.05) is 17.2 Å². The van der Waals surface area contributed by atoms with E-state index < -0.39 is 17.5 Å². The number of rotatable bonds is 7. The maximum atomic E-state index is 14.0. The average molecular weight is 588 g/mol. The van der Waals surface area contributed by atoms with E-state index in [0.29, 0.717) is 23.5 Å². The number of benzene rings is 4. The zero-order valence-electron chi connectivity index (χ0n) is 23.4. The molecule has 8 rings (SSSR count). The predicted octanol–water partition coefficient (Wildman–Crippen LogP) is 8.70. The van der Waals surface area contributed by atoms with Gasteiger partial charge in [0.1, 0.15) is 17.5 Å². The van der Waals surface area contributed by atoms with Crippen molar-refractivity contribution in [1.29, 1.82) is 0 Å². The first-order valence-electron chi connectivity index (χ1n) is 14.5. The van der Waals surface area contributed by atoms with Crippen LogP contribution in [-0.2, 0) is 5.41 Å². The summed E-state index contributed by atoms with van der Waals surface area (Å²) in [5, 5.41) is 0. The van der Waals surface area contributed by atoms with Crippen molar-refractivity contribution in [3.8, 4) is 34.5 Å². The molecule has 6 N–H and O–H groups in total. The van der Waals surface area contributed by atoms with Gasteiger partial charge in [0.05, 0.1) is 17.1 Å². The number of nitrogens with two attached hydrogens (primary N) is 3. The largest absolute Gasteiger partial charge is 0.451 e. The van der Waals surface area contributed by atoms with Crippen molar-refractivity contribution in [1.82, 2.24) is 0 Å². The van der Waals surface area contributed by atoms with Crippen LogP contribution in [0.5, 0.6) is 34.5 Å². The Morgan fingerprint density at radius 1 is 0.512 bits per heavy atom. The molecule has 4 saturated carbocycles. The molecule has 0 aromatic heterocycles. The van der Waals surface area contributed by atoms with E-state index in [1.807, 2.05) is 6.07 Å². The van der Waals surface area contributed by atoms with Gasteiger partial charge in [-0.2, -0.15) is 0 Å². The van der Waals surface area contributed by atoms with Crippen LogP contribution in [0.4, 0.5) is 30.2 Å². The highest BCUT2D eigenvalue weighted by molar-refractivity contribution is 5.66. The molecule has 4 aromatic carbocycles. The second kappa shape index (κ2) is 10.3. The van der Waals surface area contributed by atoms with Crippen LogP contribution in [0.1, 0.15) is 44.1 Å². The number of halogens is 3. The molecule has 222 valence electrons. The number of hydrogen-bond acceptors (Lipinski definition) is 6. The van der Waals surface area contributed by atoms with Gasteiger partial charge in [0.2, 0.25) is 5.75 Å². The molecule has 4 aromatic rings. The van der Waals surface area contributed by atoms with E-state index in [1.54, 1.807) is 6.07 Å². The summed E-state index contributed by atoms with van der Waals surface area (Å²) in [6.45, 7) is 0. The summed E-state index contributed by atoms with van der Waals surface area (Å²) in [5.41, 5.74) is 19.5. The van der Waals surface area contributed by atoms with E-state index in [2.05, 4.69) is 0 Å². The Morgan fingerprint density at radius 2 is 0.907 bits per heavy atom. The van der Waals surface area contributed by atoms with Crippen molar-refractivity contribution in [2.24, 2.45) is 17.8 Å². The second-order valence-electron chi connectivity index (χ2n) is 12.3. The molecule has 0 atom stereocenters. The topological polar surface area (TPSA) is 106 Å². The summed E-state index contributed by atoms with van der Waals surface area (Å²) < 4.78 is 61.1. The van der Waals surface area contributed by atoms with Crippen LogP contribution in [0.2, 0.25) is 0 Å². The van der Waals surface area contributed by atoms with Crippen molar-refractivity contribution in [2.45, 2.75) is 43.9 Å². The first-order chi connectivity index (χ1) is 20.7. The van der Waals surface area contributed by atoms with Gasteiger partial charge in [-0.15, -0.1) is 0 Å². The molecule has 4 bridgehead atoms. The molecule has 9 heteroatoms. The SMILES string of the molecule is Nc1cc(F)ccc1Oc1ccc(C23CC4CC(CC(C4)C2)C3)c(Oc2ccc(F)cc2N)c1Oc1ccc(F)cc1N. The van der Waals surface area contributed by atoms with E-state index in [-0.39, 0.29) is 51.2 Å². The average Bonchev–Trinajstić information content (AvgIpc) is 2.93. The van der Waals surface area contributed by atoms with Crippen LogP contribution in [0.3, 0.4) is 0 Å². The third-order valence-corrected chi connectivity index (χ3v) is 9.25. The summed E-state index contributed by atoms with van der Waals surface area (Å²) in [7, 11) is 0. The minimum absolute atomic E-state index is 0.0692. The van der Waals surface area contributed by atoms with Gasteiger partial charge in [0, 0.05) is 23.8 Å². The van der Waals surface area contributed by atoms with Gasteiger partial charge >= 0.3 is 0 Å². The summed E-state index contributed by atoms with van der Waals surface area (Å²) in [4.78, 5) is 0. The molecule has 4 aliphatic carbocycles. The molecule has 0 aliphatic heterocycles. The zero-order chi connectivity index (χ0) is 29.9. The molecular weight excluding hydrogens is 555 g/mol. The van der Waals surface area contributed by atoms with Crippen molar-refractivity contribution in [3.05, 3.63) is 89.7 Å². The Kier molecular flexibility index (Phi) is 6.56. The normalized spacial score (nSPS) is 23.7. The number of anilines is 3.